The Labute approximate surface area is 112 Å². The molecule has 18 heavy (non-hydrogen) atoms. The molecule has 2 aliphatic rings. The van der Waals surface area contributed by atoms with Crippen molar-refractivity contribution in [2.45, 2.75) is 44.9 Å². The SMILES string of the molecule is CCc1csc([C@@H]2CCCN(C(=O)C3CC3)C2)n1. The molecule has 98 valence electrons. The lowest BCUT2D eigenvalue weighted by atomic mass is 9.98. The van der Waals surface area contributed by atoms with Crippen molar-refractivity contribution in [1.29, 1.82) is 0 Å². The molecular formula is C14H20N2OS. The van der Waals surface area contributed by atoms with Crippen molar-refractivity contribution in [3.8, 4) is 0 Å². The Morgan fingerprint density at radius 3 is 3.00 bits per heavy atom. The van der Waals surface area contributed by atoms with Gasteiger partial charge < -0.3 is 4.90 Å². The van der Waals surface area contributed by atoms with Crippen LogP contribution in [0.4, 0.5) is 0 Å². The average Bonchev–Trinajstić information content (AvgIpc) is 3.15. The molecular weight excluding hydrogens is 244 g/mol. The van der Waals surface area contributed by atoms with E-state index in [2.05, 4.69) is 22.2 Å². The zero-order chi connectivity index (χ0) is 12.5. The van der Waals surface area contributed by atoms with Gasteiger partial charge >= 0.3 is 0 Å². The number of aryl methyl sites for hydroxylation is 1. The standard InChI is InChI=1S/C14H20N2OS/c1-2-12-9-18-13(15-12)11-4-3-7-16(8-11)14(17)10-5-6-10/h9-11H,2-8H2,1H3/t11-/m1/s1. The largest absolute Gasteiger partial charge is 0.342 e. The highest BCUT2D eigenvalue weighted by Gasteiger charge is 2.36. The normalized spacial score (nSPS) is 24.3. The number of rotatable bonds is 3. The Hall–Kier alpha value is -0.900. The number of aromatic nitrogens is 1. The summed E-state index contributed by atoms with van der Waals surface area (Å²) in [7, 11) is 0. The van der Waals surface area contributed by atoms with E-state index in [-0.39, 0.29) is 0 Å². The number of thiazole rings is 1. The van der Waals surface area contributed by atoms with Gasteiger partial charge in [0, 0.05) is 30.3 Å². The molecule has 0 unspecified atom stereocenters. The van der Waals surface area contributed by atoms with E-state index in [1.54, 1.807) is 11.3 Å². The number of carbonyl (C=O) groups is 1. The molecule has 1 aromatic heterocycles. The van der Waals surface area contributed by atoms with E-state index in [4.69, 9.17) is 0 Å². The van der Waals surface area contributed by atoms with Crippen LogP contribution in [0.3, 0.4) is 0 Å². The fraction of sp³-hybridized carbons (Fsp3) is 0.714. The minimum Gasteiger partial charge on any atom is -0.342 e. The first-order valence-corrected chi connectivity index (χ1v) is 7.89. The minimum absolute atomic E-state index is 0.353. The summed E-state index contributed by atoms with van der Waals surface area (Å²) in [5.41, 5.74) is 1.20. The van der Waals surface area contributed by atoms with E-state index in [1.165, 1.54) is 17.1 Å². The summed E-state index contributed by atoms with van der Waals surface area (Å²) >= 11 is 1.77. The Bertz CT molecular complexity index is 439. The number of nitrogens with zero attached hydrogens (tertiary/aromatic N) is 2. The molecule has 4 heteroatoms. The second-order valence-electron chi connectivity index (χ2n) is 5.43. The molecule has 1 saturated carbocycles. The first-order valence-electron chi connectivity index (χ1n) is 7.01. The van der Waals surface area contributed by atoms with Crippen molar-refractivity contribution in [1.82, 2.24) is 9.88 Å². The fourth-order valence-electron chi connectivity index (χ4n) is 2.64. The Kier molecular flexibility index (Phi) is 3.37. The van der Waals surface area contributed by atoms with Gasteiger partial charge in [-0.15, -0.1) is 11.3 Å². The number of hydrogen-bond acceptors (Lipinski definition) is 3. The third-order valence-electron chi connectivity index (χ3n) is 3.94. The highest BCUT2D eigenvalue weighted by Crippen LogP contribution is 2.35. The Morgan fingerprint density at radius 2 is 2.33 bits per heavy atom. The van der Waals surface area contributed by atoms with Crippen LogP contribution in [-0.4, -0.2) is 28.9 Å². The van der Waals surface area contributed by atoms with Crippen molar-refractivity contribution in [2.24, 2.45) is 5.92 Å². The van der Waals surface area contributed by atoms with E-state index >= 15 is 0 Å². The van der Waals surface area contributed by atoms with Crippen LogP contribution in [0.25, 0.3) is 0 Å². The maximum absolute atomic E-state index is 12.1. The molecule has 1 aliphatic carbocycles. The summed E-state index contributed by atoms with van der Waals surface area (Å²) in [4.78, 5) is 18.9. The molecule has 1 aliphatic heterocycles. The second-order valence-corrected chi connectivity index (χ2v) is 6.32. The smallest absolute Gasteiger partial charge is 0.225 e. The molecule has 0 bridgehead atoms. The lowest BCUT2D eigenvalue weighted by Gasteiger charge is -2.32. The summed E-state index contributed by atoms with van der Waals surface area (Å²) < 4.78 is 0. The molecule has 2 fully saturated rings. The number of amides is 1. The lowest BCUT2D eigenvalue weighted by Crippen LogP contribution is -2.39. The van der Waals surface area contributed by atoms with Crippen LogP contribution in [0.15, 0.2) is 5.38 Å². The van der Waals surface area contributed by atoms with Gasteiger partial charge in [0.25, 0.3) is 0 Å². The third-order valence-corrected chi connectivity index (χ3v) is 5.00. The van der Waals surface area contributed by atoms with Crippen molar-refractivity contribution in [3.05, 3.63) is 16.1 Å². The van der Waals surface area contributed by atoms with Gasteiger partial charge in [-0.25, -0.2) is 4.98 Å². The van der Waals surface area contributed by atoms with Gasteiger partial charge in [0.05, 0.1) is 10.7 Å². The molecule has 0 aromatic carbocycles. The first-order chi connectivity index (χ1) is 8.78. The van der Waals surface area contributed by atoms with Crippen molar-refractivity contribution in [2.75, 3.05) is 13.1 Å². The van der Waals surface area contributed by atoms with Crippen LogP contribution in [0.2, 0.25) is 0 Å². The van der Waals surface area contributed by atoms with Crippen molar-refractivity contribution in [3.63, 3.8) is 0 Å². The molecule has 1 amide bonds. The van der Waals surface area contributed by atoms with Crippen LogP contribution in [-0.2, 0) is 11.2 Å². The van der Waals surface area contributed by atoms with E-state index in [1.807, 2.05) is 0 Å². The van der Waals surface area contributed by atoms with Crippen LogP contribution < -0.4 is 0 Å². The quantitative estimate of drug-likeness (QED) is 0.841. The zero-order valence-electron chi connectivity index (χ0n) is 10.9. The van der Waals surface area contributed by atoms with Gasteiger partial charge in [-0.3, -0.25) is 4.79 Å². The highest BCUT2D eigenvalue weighted by molar-refractivity contribution is 7.09. The van der Waals surface area contributed by atoms with Crippen molar-refractivity contribution >= 4 is 17.2 Å². The molecule has 2 heterocycles. The van der Waals surface area contributed by atoms with E-state index in [9.17, 15) is 4.79 Å². The Morgan fingerprint density at radius 1 is 1.50 bits per heavy atom. The third kappa shape index (κ3) is 2.44. The van der Waals surface area contributed by atoms with Gasteiger partial charge in [-0.05, 0) is 32.1 Å². The lowest BCUT2D eigenvalue weighted by molar-refractivity contribution is -0.133. The number of piperidine rings is 1. The molecule has 1 atom stereocenters. The van der Waals surface area contributed by atoms with Gasteiger partial charge in [0.15, 0.2) is 0 Å². The molecule has 0 N–H and O–H groups in total. The van der Waals surface area contributed by atoms with Crippen molar-refractivity contribution < 1.29 is 4.79 Å². The predicted octanol–water partition coefficient (Wildman–Crippen LogP) is 2.82. The number of hydrogen-bond donors (Lipinski definition) is 0. The molecule has 1 aromatic rings. The summed E-state index contributed by atoms with van der Waals surface area (Å²) in [5, 5.41) is 3.40. The molecule has 0 radical (unpaired) electrons. The summed E-state index contributed by atoms with van der Waals surface area (Å²) in [5.74, 6) is 1.23. The van der Waals surface area contributed by atoms with Gasteiger partial charge in [0.2, 0.25) is 5.91 Å². The average molecular weight is 264 g/mol. The van der Waals surface area contributed by atoms with E-state index in [0.29, 0.717) is 17.7 Å². The molecule has 0 spiro atoms. The van der Waals surface area contributed by atoms with Crippen LogP contribution in [0, 0.1) is 5.92 Å². The monoisotopic (exact) mass is 264 g/mol. The van der Waals surface area contributed by atoms with E-state index in [0.717, 1.165) is 38.8 Å². The molecule has 3 rings (SSSR count). The summed E-state index contributed by atoms with van der Waals surface area (Å²) in [6, 6.07) is 0. The highest BCUT2D eigenvalue weighted by atomic mass is 32.1. The minimum atomic E-state index is 0.353. The van der Waals surface area contributed by atoms with Gasteiger partial charge in [-0.1, -0.05) is 6.92 Å². The van der Waals surface area contributed by atoms with Crippen LogP contribution in [0.5, 0.6) is 0 Å². The number of likely N-dealkylation sites (tertiary alicyclic amines) is 1. The van der Waals surface area contributed by atoms with E-state index < -0.39 is 0 Å². The summed E-state index contributed by atoms with van der Waals surface area (Å²) in [6.45, 7) is 3.99. The van der Waals surface area contributed by atoms with Gasteiger partial charge in [0.1, 0.15) is 0 Å². The predicted molar refractivity (Wildman–Crippen MR) is 72.8 cm³/mol. The maximum atomic E-state index is 12.1. The molecule has 3 nitrogen and oxygen atoms in total. The fourth-order valence-corrected chi connectivity index (χ4v) is 3.67. The number of carbonyl (C=O) groups excluding carboxylic acids is 1. The maximum Gasteiger partial charge on any atom is 0.225 e. The first kappa shape index (κ1) is 12.2. The Balaban J connectivity index is 1.67. The topological polar surface area (TPSA) is 33.2 Å². The zero-order valence-corrected chi connectivity index (χ0v) is 11.7. The van der Waals surface area contributed by atoms with Crippen LogP contribution >= 0.6 is 11.3 Å². The summed E-state index contributed by atoms with van der Waals surface area (Å²) in [6.07, 6.45) is 5.54. The molecule has 1 saturated heterocycles. The van der Waals surface area contributed by atoms with Crippen LogP contribution in [0.1, 0.15) is 49.2 Å². The second kappa shape index (κ2) is 5.00. The van der Waals surface area contributed by atoms with Gasteiger partial charge in [-0.2, -0.15) is 0 Å².